The van der Waals surface area contributed by atoms with Gasteiger partial charge < -0.3 is 14.5 Å². The third-order valence-electron chi connectivity index (χ3n) is 3.77. The molecule has 0 aliphatic heterocycles. The summed E-state index contributed by atoms with van der Waals surface area (Å²) in [6, 6.07) is 12.4. The average Bonchev–Trinajstić information content (AvgIpc) is 3.10. The quantitative estimate of drug-likeness (QED) is 0.528. The molecule has 2 aromatic heterocycles. The number of amides is 1. The summed E-state index contributed by atoms with van der Waals surface area (Å²) >= 11 is 1.34. The first-order valence-corrected chi connectivity index (χ1v) is 9.25. The minimum atomic E-state index is -0.575. The fraction of sp³-hybridized carbons (Fsp3) is 0.211. The van der Waals surface area contributed by atoms with Crippen molar-refractivity contribution in [1.82, 2.24) is 10.3 Å². The van der Waals surface area contributed by atoms with E-state index in [1.54, 1.807) is 18.3 Å². The van der Waals surface area contributed by atoms with E-state index in [2.05, 4.69) is 10.3 Å². The molecule has 7 heteroatoms. The number of pyridine rings is 1. The van der Waals surface area contributed by atoms with Crippen LogP contribution in [0, 0.1) is 0 Å². The number of furan rings is 1. The molecule has 2 heterocycles. The van der Waals surface area contributed by atoms with Crippen LogP contribution in [0.2, 0.25) is 0 Å². The lowest BCUT2D eigenvalue weighted by Gasteiger charge is -2.12. The molecule has 26 heavy (non-hydrogen) atoms. The number of hydrogen-bond donors (Lipinski definition) is 1. The van der Waals surface area contributed by atoms with Crippen LogP contribution in [0.25, 0.3) is 11.0 Å². The smallest absolute Gasteiger partial charge is 0.341 e. The third-order valence-corrected chi connectivity index (χ3v) is 4.48. The van der Waals surface area contributed by atoms with Gasteiger partial charge in [-0.05, 0) is 37.4 Å². The Morgan fingerprint density at radius 1 is 1.27 bits per heavy atom. The number of rotatable bonds is 6. The van der Waals surface area contributed by atoms with Crippen LogP contribution in [0.1, 0.15) is 29.1 Å². The molecular weight excluding hydrogens is 352 g/mol. The zero-order valence-electron chi connectivity index (χ0n) is 14.4. The first kappa shape index (κ1) is 18.0. The van der Waals surface area contributed by atoms with Gasteiger partial charge in [-0.15, -0.1) is 11.8 Å². The number of nitrogens with one attached hydrogen (secondary N) is 1. The van der Waals surface area contributed by atoms with Crippen LogP contribution in [0.4, 0.5) is 0 Å². The number of para-hydroxylation sites is 1. The lowest BCUT2D eigenvalue weighted by molar-refractivity contribution is -0.125. The maximum absolute atomic E-state index is 12.1. The Bertz CT molecular complexity index is 905. The number of benzene rings is 1. The summed E-state index contributed by atoms with van der Waals surface area (Å²) in [4.78, 5) is 28.3. The molecule has 3 rings (SSSR count). The Hall–Kier alpha value is -2.80. The van der Waals surface area contributed by atoms with Crippen LogP contribution in [0.3, 0.4) is 0 Å². The fourth-order valence-electron chi connectivity index (χ4n) is 2.49. The van der Waals surface area contributed by atoms with Gasteiger partial charge in [0.25, 0.3) is 5.91 Å². The van der Waals surface area contributed by atoms with Gasteiger partial charge in [0, 0.05) is 11.6 Å². The number of nitrogens with zero attached hydrogens (tertiary/aromatic N) is 1. The van der Waals surface area contributed by atoms with Crippen molar-refractivity contribution < 1.29 is 18.7 Å². The molecule has 0 unspecified atom stereocenters. The summed E-state index contributed by atoms with van der Waals surface area (Å²) in [6.45, 7) is 1.44. The maximum atomic E-state index is 12.1. The van der Waals surface area contributed by atoms with E-state index in [-0.39, 0.29) is 12.6 Å². The molecule has 6 nitrogen and oxygen atoms in total. The highest BCUT2D eigenvalue weighted by Crippen LogP contribution is 2.23. The summed E-state index contributed by atoms with van der Waals surface area (Å²) in [5.41, 5.74) is 1.11. The van der Waals surface area contributed by atoms with E-state index in [1.165, 1.54) is 11.8 Å². The molecule has 3 aromatic rings. The van der Waals surface area contributed by atoms with E-state index in [4.69, 9.17) is 9.15 Å². The van der Waals surface area contributed by atoms with Gasteiger partial charge in [-0.25, -0.2) is 9.78 Å². The highest BCUT2D eigenvalue weighted by atomic mass is 32.2. The van der Waals surface area contributed by atoms with Gasteiger partial charge in [0.15, 0.2) is 6.61 Å². The Balaban J connectivity index is 1.57. The SMILES string of the molecule is CSc1ncccc1C(=O)OCC(=O)N[C@@H](C)c1cc2ccccc2o1. The molecule has 0 aliphatic rings. The van der Waals surface area contributed by atoms with E-state index in [1.807, 2.05) is 43.5 Å². The summed E-state index contributed by atoms with van der Waals surface area (Å²) in [5, 5.41) is 4.29. The zero-order valence-corrected chi connectivity index (χ0v) is 15.2. The molecule has 1 atom stereocenters. The molecule has 0 spiro atoms. The second-order valence-electron chi connectivity index (χ2n) is 5.61. The lowest BCUT2D eigenvalue weighted by atomic mass is 10.2. The molecule has 1 aromatic carbocycles. The molecule has 0 saturated heterocycles. The Kier molecular flexibility index (Phi) is 5.58. The largest absolute Gasteiger partial charge is 0.459 e. The van der Waals surface area contributed by atoms with Crippen molar-refractivity contribution in [3.05, 3.63) is 60.0 Å². The van der Waals surface area contributed by atoms with Gasteiger partial charge in [0.1, 0.15) is 16.4 Å². The highest BCUT2D eigenvalue weighted by Gasteiger charge is 2.17. The summed E-state index contributed by atoms with van der Waals surface area (Å²) < 4.78 is 10.8. The van der Waals surface area contributed by atoms with Gasteiger partial charge in [-0.2, -0.15) is 0 Å². The van der Waals surface area contributed by atoms with Crippen LogP contribution in [-0.4, -0.2) is 29.7 Å². The van der Waals surface area contributed by atoms with Crippen LogP contribution in [-0.2, 0) is 9.53 Å². The second-order valence-corrected chi connectivity index (χ2v) is 6.41. The molecule has 0 aliphatic carbocycles. The molecule has 0 fully saturated rings. The Morgan fingerprint density at radius 3 is 2.85 bits per heavy atom. The predicted molar refractivity (Wildman–Crippen MR) is 99.1 cm³/mol. The van der Waals surface area contributed by atoms with Crippen molar-refractivity contribution in [3.63, 3.8) is 0 Å². The highest BCUT2D eigenvalue weighted by molar-refractivity contribution is 7.98. The molecule has 1 N–H and O–H groups in total. The standard InChI is InChI=1S/C19H18N2O4S/c1-12(16-10-13-6-3-4-8-15(13)25-16)21-17(22)11-24-19(23)14-7-5-9-20-18(14)26-2/h3-10,12H,11H2,1-2H3,(H,21,22)/t12-/m0/s1. The van der Waals surface area contributed by atoms with Gasteiger partial charge in [0.05, 0.1) is 11.6 Å². The molecule has 0 radical (unpaired) electrons. The molecule has 1 amide bonds. The Labute approximate surface area is 154 Å². The van der Waals surface area contributed by atoms with E-state index in [0.717, 1.165) is 11.0 Å². The number of aromatic nitrogens is 1. The first-order valence-electron chi connectivity index (χ1n) is 8.02. The lowest BCUT2D eigenvalue weighted by Crippen LogP contribution is -2.31. The number of esters is 1. The van der Waals surface area contributed by atoms with E-state index >= 15 is 0 Å². The fourth-order valence-corrected chi connectivity index (χ4v) is 3.03. The van der Waals surface area contributed by atoms with Crippen LogP contribution in [0.15, 0.2) is 58.1 Å². The topological polar surface area (TPSA) is 81.4 Å². The number of fused-ring (bicyclic) bond motifs is 1. The zero-order chi connectivity index (χ0) is 18.5. The number of thioether (sulfide) groups is 1. The second kappa shape index (κ2) is 8.05. The van der Waals surface area contributed by atoms with Crippen molar-refractivity contribution in [3.8, 4) is 0 Å². The van der Waals surface area contributed by atoms with Crippen molar-refractivity contribution in [2.45, 2.75) is 18.0 Å². The van der Waals surface area contributed by atoms with Gasteiger partial charge in [-0.3, -0.25) is 4.79 Å². The van der Waals surface area contributed by atoms with Crippen LogP contribution < -0.4 is 5.32 Å². The van der Waals surface area contributed by atoms with E-state index in [9.17, 15) is 9.59 Å². The number of hydrogen-bond acceptors (Lipinski definition) is 6. The minimum Gasteiger partial charge on any atom is -0.459 e. The molecule has 0 saturated carbocycles. The molecule has 0 bridgehead atoms. The van der Waals surface area contributed by atoms with Crippen molar-refractivity contribution in [1.29, 1.82) is 0 Å². The number of carbonyl (C=O) groups is 2. The first-order chi connectivity index (χ1) is 12.6. The van der Waals surface area contributed by atoms with Gasteiger partial charge in [0.2, 0.25) is 0 Å². The summed E-state index contributed by atoms with van der Waals surface area (Å²) in [7, 11) is 0. The maximum Gasteiger partial charge on any atom is 0.341 e. The van der Waals surface area contributed by atoms with Gasteiger partial charge in [-0.1, -0.05) is 18.2 Å². The number of ether oxygens (including phenoxy) is 1. The van der Waals surface area contributed by atoms with Crippen molar-refractivity contribution in [2.75, 3.05) is 12.9 Å². The summed E-state index contributed by atoms with van der Waals surface area (Å²) in [5.74, 6) is -0.335. The minimum absolute atomic E-state index is 0.339. The molecule has 134 valence electrons. The average molecular weight is 370 g/mol. The van der Waals surface area contributed by atoms with Gasteiger partial charge >= 0.3 is 5.97 Å². The Morgan fingerprint density at radius 2 is 2.08 bits per heavy atom. The van der Waals surface area contributed by atoms with Crippen LogP contribution in [0.5, 0.6) is 0 Å². The third kappa shape index (κ3) is 4.05. The number of carbonyl (C=O) groups excluding carboxylic acids is 2. The molecular formula is C19H18N2O4S. The monoisotopic (exact) mass is 370 g/mol. The summed E-state index contributed by atoms with van der Waals surface area (Å²) in [6.07, 6.45) is 3.42. The van der Waals surface area contributed by atoms with E-state index in [0.29, 0.717) is 16.3 Å². The van der Waals surface area contributed by atoms with E-state index < -0.39 is 11.9 Å². The van der Waals surface area contributed by atoms with Crippen LogP contribution >= 0.6 is 11.8 Å². The van der Waals surface area contributed by atoms with Crippen molar-refractivity contribution >= 4 is 34.6 Å². The predicted octanol–water partition coefficient (Wildman–Crippen LogP) is 3.58. The van der Waals surface area contributed by atoms with Crippen molar-refractivity contribution in [2.24, 2.45) is 0 Å². The normalized spacial score (nSPS) is 11.9.